The fourth-order valence-electron chi connectivity index (χ4n) is 3.03. The van der Waals surface area contributed by atoms with Gasteiger partial charge in [0, 0.05) is 0 Å². The van der Waals surface area contributed by atoms with Crippen molar-refractivity contribution in [3.05, 3.63) is 65.9 Å². The summed E-state index contributed by atoms with van der Waals surface area (Å²) < 4.78 is 10.5. The maximum absolute atomic E-state index is 11.6. The average Bonchev–Trinajstić information content (AvgIpc) is 2.74. The standard InChI is InChI=1S/C21H22O8/c22-11-16-17(23)18(24)19(25)21(29-16)28-15(20(26)27)10-12-5-4-8-14(9-12)13-6-2-1-3-7-13/h1-10,16-19,21-25H,11H2,(H,26,27)/b15-10+/t16-,17-,18-,19+,21-/m0/s1. The summed E-state index contributed by atoms with van der Waals surface area (Å²) in [7, 11) is 0. The zero-order valence-corrected chi connectivity index (χ0v) is 15.3. The molecule has 8 nitrogen and oxygen atoms in total. The second-order valence-electron chi connectivity index (χ2n) is 6.62. The van der Waals surface area contributed by atoms with E-state index in [9.17, 15) is 30.3 Å². The molecule has 1 heterocycles. The van der Waals surface area contributed by atoms with Crippen LogP contribution in [0, 0.1) is 0 Å². The van der Waals surface area contributed by atoms with E-state index in [1.165, 1.54) is 6.08 Å². The third-order valence-corrected chi connectivity index (χ3v) is 4.59. The van der Waals surface area contributed by atoms with Crippen molar-refractivity contribution in [2.45, 2.75) is 30.7 Å². The summed E-state index contributed by atoms with van der Waals surface area (Å²) in [5.41, 5.74) is 2.36. The predicted octanol–water partition coefficient (Wildman–Crippen LogP) is 0.596. The number of hydrogen-bond donors (Lipinski definition) is 5. The molecule has 1 aliphatic rings. The SMILES string of the molecule is O=C(O)/C(=C\c1cccc(-c2ccccc2)c1)O[C@H]1O[C@@H](CO)[C@H](O)[C@H](O)[C@H]1O. The van der Waals surface area contributed by atoms with Gasteiger partial charge in [-0.05, 0) is 28.8 Å². The van der Waals surface area contributed by atoms with Gasteiger partial charge in [0.1, 0.15) is 24.4 Å². The predicted molar refractivity (Wildman–Crippen MR) is 102 cm³/mol. The van der Waals surface area contributed by atoms with Crippen molar-refractivity contribution in [1.29, 1.82) is 0 Å². The molecule has 2 aromatic carbocycles. The van der Waals surface area contributed by atoms with Gasteiger partial charge in [-0.15, -0.1) is 0 Å². The molecule has 1 saturated heterocycles. The molecule has 0 amide bonds. The number of aliphatic carboxylic acids is 1. The van der Waals surface area contributed by atoms with E-state index in [1.807, 2.05) is 36.4 Å². The van der Waals surface area contributed by atoms with Gasteiger partial charge in [0.05, 0.1) is 6.61 Å². The molecule has 3 rings (SSSR count). The number of ether oxygens (including phenoxy) is 2. The Bertz CT molecular complexity index is 864. The van der Waals surface area contributed by atoms with E-state index in [4.69, 9.17) is 9.47 Å². The van der Waals surface area contributed by atoms with Crippen LogP contribution in [0.2, 0.25) is 0 Å². The van der Waals surface area contributed by atoms with Crippen molar-refractivity contribution >= 4 is 12.0 Å². The Labute approximate surface area is 166 Å². The molecule has 0 radical (unpaired) electrons. The molecule has 2 aromatic rings. The Morgan fingerprint density at radius 2 is 1.66 bits per heavy atom. The maximum Gasteiger partial charge on any atom is 0.371 e. The smallest absolute Gasteiger partial charge is 0.371 e. The van der Waals surface area contributed by atoms with Crippen LogP contribution in [0.5, 0.6) is 0 Å². The molecular weight excluding hydrogens is 380 g/mol. The van der Waals surface area contributed by atoms with Crippen LogP contribution in [0.1, 0.15) is 5.56 Å². The zero-order chi connectivity index (χ0) is 21.0. The second kappa shape index (κ2) is 9.17. The van der Waals surface area contributed by atoms with Gasteiger partial charge in [-0.25, -0.2) is 4.79 Å². The first-order valence-electron chi connectivity index (χ1n) is 8.98. The van der Waals surface area contributed by atoms with Crippen LogP contribution in [0.25, 0.3) is 17.2 Å². The molecule has 1 aliphatic heterocycles. The number of carboxylic acid groups (broad SMARTS) is 1. The van der Waals surface area contributed by atoms with Gasteiger partial charge < -0.3 is 35.0 Å². The molecule has 0 bridgehead atoms. The molecule has 29 heavy (non-hydrogen) atoms. The highest BCUT2D eigenvalue weighted by Gasteiger charge is 2.45. The van der Waals surface area contributed by atoms with Gasteiger partial charge in [0.2, 0.25) is 12.0 Å². The first kappa shape index (κ1) is 21.0. The minimum absolute atomic E-state index is 0.528. The lowest BCUT2D eigenvalue weighted by atomic mass is 9.99. The summed E-state index contributed by atoms with van der Waals surface area (Å²) in [6, 6.07) is 16.6. The van der Waals surface area contributed by atoms with Gasteiger partial charge in [0.15, 0.2) is 0 Å². The summed E-state index contributed by atoms with van der Waals surface area (Å²) in [4.78, 5) is 11.6. The highest BCUT2D eigenvalue weighted by molar-refractivity contribution is 5.90. The van der Waals surface area contributed by atoms with Gasteiger partial charge in [-0.2, -0.15) is 0 Å². The van der Waals surface area contributed by atoms with Gasteiger partial charge in [-0.3, -0.25) is 0 Å². The van der Waals surface area contributed by atoms with Gasteiger partial charge in [-0.1, -0.05) is 48.5 Å². The summed E-state index contributed by atoms with van der Waals surface area (Å²) in [5.74, 6) is -1.94. The number of hydrogen-bond acceptors (Lipinski definition) is 7. The summed E-state index contributed by atoms with van der Waals surface area (Å²) in [6.45, 7) is -0.643. The van der Waals surface area contributed by atoms with Crippen LogP contribution in [0.4, 0.5) is 0 Å². The van der Waals surface area contributed by atoms with Gasteiger partial charge in [0.25, 0.3) is 0 Å². The van der Waals surface area contributed by atoms with Crippen molar-refractivity contribution in [3.8, 4) is 11.1 Å². The summed E-state index contributed by atoms with van der Waals surface area (Å²) in [5, 5.41) is 48.4. The van der Waals surface area contributed by atoms with Crippen LogP contribution in [0.15, 0.2) is 60.4 Å². The zero-order valence-electron chi connectivity index (χ0n) is 15.3. The quantitative estimate of drug-likeness (QED) is 0.350. The van der Waals surface area contributed by atoms with Crippen molar-refractivity contribution in [2.75, 3.05) is 6.61 Å². The van der Waals surface area contributed by atoms with Crippen molar-refractivity contribution in [2.24, 2.45) is 0 Å². The summed E-state index contributed by atoms with van der Waals surface area (Å²) in [6.07, 6.45) is -6.45. The van der Waals surface area contributed by atoms with E-state index in [2.05, 4.69) is 0 Å². The lowest BCUT2D eigenvalue weighted by molar-refractivity contribution is -0.291. The van der Waals surface area contributed by atoms with Crippen LogP contribution in [-0.4, -0.2) is 68.8 Å². The Kier molecular flexibility index (Phi) is 6.63. The molecule has 0 aromatic heterocycles. The minimum Gasteiger partial charge on any atom is -0.475 e. The normalized spacial score (nSPS) is 27.4. The Morgan fingerprint density at radius 3 is 2.31 bits per heavy atom. The molecule has 154 valence electrons. The van der Waals surface area contributed by atoms with E-state index in [1.54, 1.807) is 18.2 Å². The van der Waals surface area contributed by atoms with Crippen molar-refractivity contribution in [3.63, 3.8) is 0 Å². The Balaban J connectivity index is 1.85. The maximum atomic E-state index is 11.6. The monoisotopic (exact) mass is 402 g/mol. The number of aliphatic hydroxyl groups is 4. The largest absolute Gasteiger partial charge is 0.475 e. The highest BCUT2D eigenvalue weighted by atomic mass is 16.7. The molecule has 8 heteroatoms. The van der Waals surface area contributed by atoms with E-state index < -0.39 is 49.0 Å². The van der Waals surface area contributed by atoms with E-state index >= 15 is 0 Å². The molecular formula is C21H22O8. The van der Waals surface area contributed by atoms with Crippen molar-refractivity contribution in [1.82, 2.24) is 0 Å². The number of carboxylic acids is 1. The van der Waals surface area contributed by atoms with Crippen LogP contribution < -0.4 is 0 Å². The molecule has 0 unspecified atom stereocenters. The molecule has 0 aliphatic carbocycles. The number of benzene rings is 2. The Hall–Kier alpha value is -2.75. The minimum atomic E-state index is -1.70. The van der Waals surface area contributed by atoms with Crippen molar-refractivity contribution < 1.29 is 39.8 Å². The molecule has 1 fully saturated rings. The third kappa shape index (κ3) is 4.81. The van der Waals surface area contributed by atoms with Crippen LogP contribution >= 0.6 is 0 Å². The topological polar surface area (TPSA) is 137 Å². The fourth-order valence-corrected chi connectivity index (χ4v) is 3.03. The van der Waals surface area contributed by atoms with E-state index in [0.29, 0.717) is 5.56 Å². The first-order valence-corrected chi connectivity index (χ1v) is 8.98. The highest BCUT2D eigenvalue weighted by Crippen LogP contribution is 2.25. The first-order chi connectivity index (χ1) is 13.9. The number of carbonyl (C=O) groups is 1. The molecule has 0 spiro atoms. The van der Waals surface area contributed by atoms with Crippen LogP contribution in [-0.2, 0) is 14.3 Å². The summed E-state index contributed by atoms with van der Waals surface area (Å²) >= 11 is 0. The number of rotatable bonds is 6. The lowest BCUT2D eigenvalue weighted by Gasteiger charge is -2.39. The van der Waals surface area contributed by atoms with Gasteiger partial charge >= 0.3 is 5.97 Å². The van der Waals surface area contributed by atoms with E-state index in [-0.39, 0.29) is 0 Å². The average molecular weight is 402 g/mol. The Morgan fingerprint density at radius 1 is 0.966 bits per heavy atom. The third-order valence-electron chi connectivity index (χ3n) is 4.59. The lowest BCUT2D eigenvalue weighted by Crippen LogP contribution is -2.59. The molecule has 5 atom stereocenters. The van der Waals surface area contributed by atoms with Crippen LogP contribution in [0.3, 0.4) is 0 Å². The van der Waals surface area contributed by atoms with E-state index in [0.717, 1.165) is 11.1 Å². The fraction of sp³-hybridized carbons (Fsp3) is 0.286. The number of aliphatic hydroxyl groups excluding tert-OH is 4. The molecule has 5 N–H and O–H groups in total. The second-order valence-corrected chi connectivity index (χ2v) is 6.62. The molecule has 0 saturated carbocycles.